The normalized spacial score (nSPS) is 24.0. The minimum absolute atomic E-state index is 0.0295. The number of likely N-dealkylation sites (tertiary alicyclic amines) is 1. The Labute approximate surface area is 226 Å². The van der Waals surface area contributed by atoms with Crippen molar-refractivity contribution in [3.63, 3.8) is 0 Å². The van der Waals surface area contributed by atoms with Crippen LogP contribution in [0, 0.1) is 5.41 Å². The van der Waals surface area contributed by atoms with Crippen LogP contribution in [0.25, 0.3) is 0 Å². The molecule has 1 saturated heterocycles. The monoisotopic (exact) mass is 551 g/mol. The van der Waals surface area contributed by atoms with E-state index in [9.17, 15) is 13.8 Å². The second kappa shape index (κ2) is 12.1. The predicted octanol–water partition coefficient (Wildman–Crippen LogP) is 6.56. The lowest BCUT2D eigenvalue weighted by Crippen LogP contribution is -2.57. The maximum absolute atomic E-state index is 14.3. The van der Waals surface area contributed by atoms with Crippen LogP contribution >= 0.6 is 23.2 Å². The number of carbonyl (C=O) groups excluding carboxylic acids is 2. The molecule has 0 N–H and O–H groups in total. The number of ether oxygens (including phenoxy) is 1. The number of rotatable bonds is 9. The molecule has 8 heteroatoms. The molecule has 1 fully saturated rings. The molecule has 3 rings (SSSR count). The van der Waals surface area contributed by atoms with Gasteiger partial charge in [0.2, 0.25) is 5.91 Å². The molecule has 1 heterocycles. The van der Waals surface area contributed by atoms with E-state index < -0.39 is 22.2 Å². The van der Waals surface area contributed by atoms with E-state index in [1.807, 2.05) is 81.1 Å². The Balaban J connectivity index is 2.23. The molecule has 0 unspecified atom stereocenters. The maximum atomic E-state index is 14.3. The summed E-state index contributed by atoms with van der Waals surface area (Å²) in [6, 6.07) is 14.6. The van der Waals surface area contributed by atoms with Gasteiger partial charge in [0.15, 0.2) is 0 Å². The number of halogens is 2. The third kappa shape index (κ3) is 6.32. The van der Waals surface area contributed by atoms with Crippen LogP contribution in [-0.4, -0.2) is 45.1 Å². The van der Waals surface area contributed by atoms with Gasteiger partial charge in [0.05, 0.1) is 25.0 Å². The number of nitrogens with zero attached hydrogens (tertiary/aromatic N) is 1. The van der Waals surface area contributed by atoms with E-state index in [1.54, 1.807) is 0 Å². The molecule has 0 aliphatic carbocycles. The van der Waals surface area contributed by atoms with Gasteiger partial charge in [-0.3, -0.25) is 13.8 Å². The van der Waals surface area contributed by atoms with Crippen molar-refractivity contribution in [1.82, 2.24) is 4.90 Å². The van der Waals surface area contributed by atoms with Gasteiger partial charge in [-0.05, 0) is 48.2 Å². The summed E-state index contributed by atoms with van der Waals surface area (Å²) in [7, 11) is 0.218. The molecule has 1 amide bonds. The van der Waals surface area contributed by atoms with Crippen molar-refractivity contribution in [3.8, 4) is 0 Å². The van der Waals surface area contributed by atoms with E-state index in [4.69, 9.17) is 27.9 Å². The molecule has 1 aliphatic heterocycles. The summed E-state index contributed by atoms with van der Waals surface area (Å²) >= 11 is 12.6. The summed E-state index contributed by atoms with van der Waals surface area (Å²) in [5, 5.41) is 1.18. The van der Waals surface area contributed by atoms with E-state index in [1.165, 1.54) is 7.11 Å². The Morgan fingerprint density at radius 3 is 2.36 bits per heavy atom. The Morgan fingerprint density at radius 2 is 1.81 bits per heavy atom. The van der Waals surface area contributed by atoms with Gasteiger partial charge in [-0.15, -0.1) is 0 Å². The fourth-order valence-corrected chi connectivity index (χ4v) is 6.60. The van der Waals surface area contributed by atoms with Crippen molar-refractivity contribution < 1.29 is 18.5 Å². The standard InChI is InChI=1S/C28H35Cl2NO4S/c1-6-23(17-36(34)18(2)3)31-26(19-10-12-21(29)13-11-19)24(20-8-7-9-22(30)14-20)15-28(4,27(31)33)16-25(32)35-5/h7-14,18,23-24,26H,6,15-17H2,1-5H3/t23-,24+,26+,28+,36-/m0/s1. The molecule has 2 aromatic rings. The van der Waals surface area contributed by atoms with E-state index >= 15 is 0 Å². The highest BCUT2D eigenvalue weighted by Gasteiger charge is 2.52. The van der Waals surface area contributed by atoms with Gasteiger partial charge in [0.1, 0.15) is 0 Å². The van der Waals surface area contributed by atoms with E-state index in [0.717, 1.165) is 11.1 Å². The van der Waals surface area contributed by atoms with E-state index in [2.05, 4.69) is 0 Å². The first-order valence-corrected chi connectivity index (χ1v) is 14.4. The van der Waals surface area contributed by atoms with Gasteiger partial charge in [-0.1, -0.05) is 75.2 Å². The highest BCUT2D eigenvalue weighted by Crippen LogP contribution is 2.52. The zero-order valence-corrected chi connectivity index (χ0v) is 23.8. The van der Waals surface area contributed by atoms with Crippen LogP contribution in [0.1, 0.15) is 70.0 Å². The number of piperidine rings is 1. The quantitative estimate of drug-likeness (QED) is 0.331. The molecule has 196 valence electrons. The Bertz CT molecular complexity index is 1110. The number of hydrogen-bond acceptors (Lipinski definition) is 4. The first-order chi connectivity index (χ1) is 17.0. The largest absolute Gasteiger partial charge is 0.469 e. The number of hydrogen-bond donors (Lipinski definition) is 0. The first kappa shape index (κ1) is 28.7. The molecule has 0 spiro atoms. The minimum Gasteiger partial charge on any atom is -0.469 e. The predicted molar refractivity (Wildman–Crippen MR) is 147 cm³/mol. The van der Waals surface area contributed by atoms with Crippen LogP contribution < -0.4 is 0 Å². The molecular formula is C28H35Cl2NO4S. The zero-order chi connectivity index (χ0) is 26.6. The third-order valence-electron chi connectivity index (χ3n) is 7.10. The SMILES string of the molecule is CC[C@@H](C[S@](=O)C(C)C)N1C(=O)[C@@](C)(CC(=O)OC)C[C@H](c2cccc(Cl)c2)[C@H]1c1ccc(Cl)cc1. The number of esters is 1. The van der Waals surface area contributed by atoms with Gasteiger partial charge in [0.25, 0.3) is 0 Å². The Hall–Kier alpha value is -1.89. The van der Waals surface area contributed by atoms with Crippen LogP contribution in [0.2, 0.25) is 10.0 Å². The van der Waals surface area contributed by atoms with Crippen molar-refractivity contribution in [2.45, 2.75) is 70.2 Å². The van der Waals surface area contributed by atoms with Crippen molar-refractivity contribution in [2.24, 2.45) is 5.41 Å². The summed E-state index contributed by atoms with van der Waals surface area (Å²) < 4.78 is 18.0. The first-order valence-electron chi connectivity index (χ1n) is 12.3. The summed E-state index contributed by atoms with van der Waals surface area (Å²) in [4.78, 5) is 28.7. The van der Waals surface area contributed by atoms with Crippen LogP contribution in [0.3, 0.4) is 0 Å². The van der Waals surface area contributed by atoms with Crippen LogP contribution in [-0.2, 0) is 25.1 Å². The van der Waals surface area contributed by atoms with Gasteiger partial charge >= 0.3 is 5.97 Å². The van der Waals surface area contributed by atoms with Crippen LogP contribution in [0.5, 0.6) is 0 Å². The Kier molecular flexibility index (Phi) is 9.64. The average Bonchev–Trinajstić information content (AvgIpc) is 2.84. The summed E-state index contributed by atoms with van der Waals surface area (Å²) in [6.07, 6.45) is 1.03. The highest BCUT2D eigenvalue weighted by atomic mass is 35.5. The molecular weight excluding hydrogens is 517 g/mol. The van der Waals surface area contributed by atoms with Crippen LogP contribution in [0.15, 0.2) is 48.5 Å². The van der Waals surface area contributed by atoms with Gasteiger partial charge in [-0.25, -0.2) is 0 Å². The molecule has 5 nitrogen and oxygen atoms in total. The number of methoxy groups -OCH3 is 1. The topological polar surface area (TPSA) is 63.7 Å². The highest BCUT2D eigenvalue weighted by molar-refractivity contribution is 7.85. The molecule has 0 bridgehead atoms. The van der Waals surface area contributed by atoms with Crippen LogP contribution in [0.4, 0.5) is 0 Å². The molecule has 36 heavy (non-hydrogen) atoms. The number of amides is 1. The van der Waals surface area contributed by atoms with Gasteiger partial charge in [-0.2, -0.15) is 0 Å². The van der Waals surface area contributed by atoms with Gasteiger partial charge < -0.3 is 9.64 Å². The van der Waals surface area contributed by atoms with Crippen molar-refractivity contribution in [3.05, 3.63) is 69.7 Å². The number of carbonyl (C=O) groups is 2. The molecule has 0 saturated carbocycles. The molecule has 2 aromatic carbocycles. The molecule has 5 atom stereocenters. The second-order valence-corrected chi connectivity index (χ2v) is 13.0. The fraction of sp³-hybridized carbons (Fsp3) is 0.500. The minimum atomic E-state index is -1.12. The van der Waals surface area contributed by atoms with Gasteiger partial charge in [0, 0.05) is 43.8 Å². The molecule has 1 aliphatic rings. The van der Waals surface area contributed by atoms with E-state index in [-0.39, 0.29) is 35.6 Å². The molecule has 0 aromatic heterocycles. The lowest BCUT2D eigenvalue weighted by molar-refractivity contribution is -0.161. The fourth-order valence-electron chi connectivity index (χ4n) is 5.11. The second-order valence-electron chi connectivity index (χ2n) is 10.0. The van der Waals surface area contributed by atoms with E-state index in [0.29, 0.717) is 28.6 Å². The summed E-state index contributed by atoms with van der Waals surface area (Å²) in [5.74, 6) is -0.350. The van der Waals surface area contributed by atoms with Crippen molar-refractivity contribution in [1.29, 1.82) is 0 Å². The van der Waals surface area contributed by atoms with Crippen molar-refractivity contribution in [2.75, 3.05) is 12.9 Å². The molecule has 0 radical (unpaired) electrons. The zero-order valence-electron chi connectivity index (χ0n) is 21.5. The number of benzene rings is 2. The lowest BCUT2D eigenvalue weighted by Gasteiger charge is -2.52. The van der Waals surface area contributed by atoms with Crippen molar-refractivity contribution >= 4 is 45.9 Å². The summed E-state index contributed by atoms with van der Waals surface area (Å²) in [6.45, 7) is 7.69. The third-order valence-corrected chi connectivity index (χ3v) is 9.35. The lowest BCUT2D eigenvalue weighted by atomic mass is 9.67. The average molecular weight is 553 g/mol. The Morgan fingerprint density at radius 1 is 1.14 bits per heavy atom. The summed E-state index contributed by atoms with van der Waals surface area (Å²) in [5.41, 5.74) is 0.929. The smallest absolute Gasteiger partial charge is 0.306 e. The maximum Gasteiger partial charge on any atom is 0.306 e.